The van der Waals surface area contributed by atoms with Gasteiger partial charge in [0.15, 0.2) is 0 Å². The van der Waals surface area contributed by atoms with Gasteiger partial charge in [0.25, 0.3) is 0 Å². The predicted molar refractivity (Wildman–Crippen MR) is 84.5 cm³/mol. The number of fused-ring (bicyclic) bond motifs is 1. The van der Waals surface area contributed by atoms with Gasteiger partial charge in [-0.15, -0.1) is 0 Å². The van der Waals surface area contributed by atoms with Crippen LogP contribution in [0.5, 0.6) is 0 Å². The Labute approximate surface area is 126 Å². The third kappa shape index (κ3) is 2.74. The lowest BCUT2D eigenvalue weighted by Gasteiger charge is -2.14. The number of aliphatic hydroxyl groups excluding tert-OH is 1. The number of pyridine rings is 1. The molecule has 3 rings (SSSR count). The topological polar surface area (TPSA) is 33.1 Å². The van der Waals surface area contributed by atoms with Crippen LogP contribution in [0.4, 0.5) is 0 Å². The molecule has 0 saturated carbocycles. The van der Waals surface area contributed by atoms with Crippen molar-refractivity contribution in [2.45, 2.75) is 12.5 Å². The van der Waals surface area contributed by atoms with Gasteiger partial charge in [-0.2, -0.15) is 0 Å². The number of halogens is 1. The molecule has 1 unspecified atom stereocenters. The van der Waals surface area contributed by atoms with E-state index >= 15 is 0 Å². The summed E-state index contributed by atoms with van der Waals surface area (Å²) in [7, 11) is 0. The maximum atomic E-state index is 10.5. The molecular weight excluding hydrogens is 314 g/mol. The first-order chi connectivity index (χ1) is 9.74. The maximum absolute atomic E-state index is 10.5. The highest BCUT2D eigenvalue weighted by Gasteiger charge is 2.12. The third-order valence-electron chi connectivity index (χ3n) is 3.39. The van der Waals surface area contributed by atoms with Gasteiger partial charge >= 0.3 is 0 Å². The van der Waals surface area contributed by atoms with E-state index in [2.05, 4.69) is 20.9 Å². The average Bonchev–Trinajstić information content (AvgIpc) is 2.46. The molecule has 1 aromatic heterocycles. The number of aliphatic hydroxyl groups is 1. The smallest absolute Gasteiger partial charge is 0.0836 e. The highest BCUT2D eigenvalue weighted by atomic mass is 79.9. The molecule has 20 heavy (non-hydrogen) atoms. The van der Waals surface area contributed by atoms with Gasteiger partial charge < -0.3 is 5.11 Å². The van der Waals surface area contributed by atoms with Crippen molar-refractivity contribution < 1.29 is 5.11 Å². The van der Waals surface area contributed by atoms with Crippen LogP contribution in [0.3, 0.4) is 0 Å². The van der Waals surface area contributed by atoms with Gasteiger partial charge in [-0.1, -0.05) is 46.3 Å². The summed E-state index contributed by atoms with van der Waals surface area (Å²) in [5.74, 6) is 0. The average molecular weight is 328 g/mol. The molecular formula is C17H14BrNO. The van der Waals surface area contributed by atoms with E-state index in [1.165, 1.54) is 0 Å². The van der Waals surface area contributed by atoms with Crippen LogP contribution in [-0.2, 0) is 6.42 Å². The predicted octanol–water partition coefficient (Wildman–Crippen LogP) is 4.27. The second-order valence-electron chi connectivity index (χ2n) is 4.79. The fraction of sp³-hybridized carbons (Fsp3) is 0.118. The van der Waals surface area contributed by atoms with Gasteiger partial charge in [-0.25, -0.2) is 0 Å². The van der Waals surface area contributed by atoms with Gasteiger partial charge in [0.2, 0.25) is 0 Å². The number of benzene rings is 2. The van der Waals surface area contributed by atoms with Crippen LogP contribution in [0.2, 0.25) is 0 Å². The van der Waals surface area contributed by atoms with E-state index in [4.69, 9.17) is 0 Å². The summed E-state index contributed by atoms with van der Waals surface area (Å²) in [4.78, 5) is 4.12. The van der Waals surface area contributed by atoms with Gasteiger partial charge in [0.1, 0.15) is 0 Å². The van der Waals surface area contributed by atoms with Crippen molar-refractivity contribution in [3.05, 3.63) is 76.5 Å². The van der Waals surface area contributed by atoms with Crippen LogP contribution < -0.4 is 0 Å². The molecule has 1 atom stereocenters. The molecule has 0 spiro atoms. The molecule has 0 fully saturated rings. The van der Waals surface area contributed by atoms with Crippen molar-refractivity contribution in [2.75, 3.05) is 0 Å². The minimum Gasteiger partial charge on any atom is -0.388 e. The van der Waals surface area contributed by atoms with Crippen LogP contribution in [-0.4, -0.2) is 10.1 Å². The molecule has 0 aliphatic rings. The minimum atomic E-state index is -0.518. The lowest BCUT2D eigenvalue weighted by molar-refractivity contribution is 0.180. The normalized spacial score (nSPS) is 12.5. The summed E-state index contributed by atoms with van der Waals surface area (Å²) in [6.45, 7) is 0. The zero-order valence-corrected chi connectivity index (χ0v) is 12.4. The lowest BCUT2D eigenvalue weighted by atomic mass is 9.97. The van der Waals surface area contributed by atoms with E-state index in [0.29, 0.717) is 6.42 Å². The second-order valence-corrected chi connectivity index (χ2v) is 5.71. The summed E-state index contributed by atoms with van der Waals surface area (Å²) < 4.78 is 1.03. The number of rotatable bonds is 3. The van der Waals surface area contributed by atoms with E-state index < -0.39 is 6.10 Å². The van der Waals surface area contributed by atoms with Crippen LogP contribution in [0.1, 0.15) is 17.2 Å². The summed E-state index contributed by atoms with van der Waals surface area (Å²) in [6, 6.07) is 15.9. The monoisotopic (exact) mass is 327 g/mol. The van der Waals surface area contributed by atoms with Gasteiger partial charge in [0, 0.05) is 28.7 Å². The molecule has 1 heterocycles. The Kier molecular flexibility index (Phi) is 3.81. The van der Waals surface area contributed by atoms with Crippen LogP contribution in [0.25, 0.3) is 10.8 Å². The van der Waals surface area contributed by atoms with E-state index in [9.17, 15) is 5.11 Å². The van der Waals surface area contributed by atoms with Gasteiger partial charge in [0.05, 0.1) is 6.10 Å². The Morgan fingerprint density at radius 1 is 1.10 bits per heavy atom. The molecule has 0 aliphatic carbocycles. The first-order valence-electron chi connectivity index (χ1n) is 6.49. The van der Waals surface area contributed by atoms with Crippen LogP contribution in [0, 0.1) is 0 Å². The minimum absolute atomic E-state index is 0.518. The third-order valence-corrected chi connectivity index (χ3v) is 3.88. The quantitative estimate of drug-likeness (QED) is 0.779. The highest BCUT2D eigenvalue weighted by molar-refractivity contribution is 9.10. The summed E-state index contributed by atoms with van der Waals surface area (Å²) >= 11 is 3.46. The van der Waals surface area contributed by atoms with Crippen LogP contribution >= 0.6 is 15.9 Å². The fourth-order valence-corrected chi connectivity index (χ4v) is 2.88. The largest absolute Gasteiger partial charge is 0.388 e. The molecule has 100 valence electrons. The van der Waals surface area contributed by atoms with Crippen molar-refractivity contribution in [3.8, 4) is 0 Å². The molecule has 0 radical (unpaired) electrons. The number of hydrogen-bond acceptors (Lipinski definition) is 2. The van der Waals surface area contributed by atoms with Crippen molar-refractivity contribution in [3.63, 3.8) is 0 Å². The Morgan fingerprint density at radius 2 is 1.95 bits per heavy atom. The maximum Gasteiger partial charge on any atom is 0.0836 e. The van der Waals surface area contributed by atoms with Crippen LogP contribution in [0.15, 0.2) is 65.4 Å². The van der Waals surface area contributed by atoms with E-state index in [-0.39, 0.29) is 0 Å². The summed E-state index contributed by atoms with van der Waals surface area (Å²) in [5.41, 5.74) is 2.06. The molecule has 2 nitrogen and oxygen atoms in total. The first kappa shape index (κ1) is 13.3. The van der Waals surface area contributed by atoms with E-state index in [0.717, 1.165) is 26.4 Å². The fourth-order valence-electron chi connectivity index (χ4n) is 2.44. The number of nitrogens with zero attached hydrogens (tertiary/aromatic N) is 1. The molecule has 3 heteroatoms. The van der Waals surface area contributed by atoms with E-state index in [1.807, 2.05) is 54.7 Å². The number of hydrogen-bond donors (Lipinski definition) is 1. The summed E-state index contributed by atoms with van der Waals surface area (Å²) in [6.07, 6.45) is 3.67. The first-order valence-corrected chi connectivity index (χ1v) is 7.28. The second kappa shape index (κ2) is 5.73. The summed E-state index contributed by atoms with van der Waals surface area (Å²) in [5, 5.41) is 12.6. The molecule has 0 saturated heterocycles. The molecule has 0 bridgehead atoms. The van der Waals surface area contributed by atoms with E-state index in [1.54, 1.807) is 6.20 Å². The van der Waals surface area contributed by atoms with Crippen molar-refractivity contribution >= 4 is 26.7 Å². The highest BCUT2D eigenvalue weighted by Crippen LogP contribution is 2.26. The molecule has 3 aromatic rings. The lowest BCUT2D eigenvalue weighted by Crippen LogP contribution is -2.02. The van der Waals surface area contributed by atoms with Crippen molar-refractivity contribution in [2.24, 2.45) is 0 Å². The Balaban J connectivity index is 1.94. The molecule has 0 amide bonds. The van der Waals surface area contributed by atoms with Crippen molar-refractivity contribution in [1.29, 1.82) is 0 Å². The molecule has 1 N–H and O–H groups in total. The zero-order chi connectivity index (χ0) is 13.9. The molecule has 0 aliphatic heterocycles. The molecule has 2 aromatic carbocycles. The SMILES string of the molecule is OC(Cc1cccc(Br)c1)c1cccc2cnccc12. The standard InChI is InChI=1S/C17H14BrNO/c18-14-5-1-3-12(9-14)10-17(20)16-6-2-4-13-11-19-8-7-15(13)16/h1-9,11,17,20H,10H2. The number of aromatic nitrogens is 1. The van der Waals surface area contributed by atoms with Crippen molar-refractivity contribution in [1.82, 2.24) is 4.98 Å². The Bertz CT molecular complexity index is 736. The van der Waals surface area contributed by atoms with Gasteiger partial charge in [-0.3, -0.25) is 4.98 Å². The Hall–Kier alpha value is -1.71. The van der Waals surface area contributed by atoms with Gasteiger partial charge in [-0.05, 0) is 34.7 Å². The Morgan fingerprint density at radius 3 is 2.80 bits per heavy atom. The zero-order valence-electron chi connectivity index (χ0n) is 10.8.